The molecule has 2 aromatic carbocycles. The molecule has 0 bridgehead atoms. The van der Waals surface area contributed by atoms with Gasteiger partial charge in [0.1, 0.15) is 5.75 Å². The minimum Gasteiger partial charge on any atom is -0.467 e. The van der Waals surface area contributed by atoms with Crippen molar-refractivity contribution < 1.29 is 14.6 Å². The molecule has 0 aliphatic heterocycles. The Labute approximate surface area is 204 Å². The van der Waals surface area contributed by atoms with Crippen LogP contribution in [-0.2, 0) is 15.3 Å². The van der Waals surface area contributed by atoms with Gasteiger partial charge in [-0.1, -0.05) is 91.9 Å². The van der Waals surface area contributed by atoms with Crippen molar-refractivity contribution in [3.8, 4) is 5.75 Å². The molecule has 0 heterocycles. The van der Waals surface area contributed by atoms with E-state index in [0.717, 1.165) is 42.6 Å². The number of hydrogen-bond donors (Lipinski definition) is 1. The third-order valence-corrected chi connectivity index (χ3v) is 8.65. The highest BCUT2D eigenvalue weighted by molar-refractivity contribution is 7.48. The van der Waals surface area contributed by atoms with Gasteiger partial charge >= 0.3 is 0 Å². The maximum Gasteiger partial charge on any atom is 0.188 e. The molecule has 33 heavy (non-hydrogen) atoms. The van der Waals surface area contributed by atoms with Crippen LogP contribution in [0.5, 0.6) is 5.75 Å². The molecule has 0 amide bonds. The molecular weight excluding hydrogens is 427 g/mol. The number of hydrogen-bond acceptors (Lipinski definition) is 3. The lowest BCUT2D eigenvalue weighted by atomic mass is 9.80. The molecule has 0 saturated heterocycles. The Hall–Kier alpha value is -1.41. The highest BCUT2D eigenvalue weighted by Gasteiger charge is 2.36. The third kappa shape index (κ3) is 6.81. The molecule has 3 nitrogen and oxygen atoms in total. The monoisotopic (exact) mass is 472 g/mol. The molecule has 0 aromatic heterocycles. The maximum atomic E-state index is 10.6. The first-order chi connectivity index (χ1) is 15.5. The van der Waals surface area contributed by atoms with Crippen LogP contribution < -0.4 is 10.0 Å². The Morgan fingerprint density at radius 3 is 2.30 bits per heavy atom. The summed E-state index contributed by atoms with van der Waals surface area (Å²) in [5.41, 5.74) is 6.06. The van der Waals surface area contributed by atoms with E-state index in [-0.39, 0.29) is 17.4 Å². The largest absolute Gasteiger partial charge is 0.467 e. The van der Waals surface area contributed by atoms with Gasteiger partial charge in [-0.3, -0.25) is 0 Å². The quantitative estimate of drug-likeness (QED) is 0.273. The molecule has 2 rings (SSSR count). The zero-order chi connectivity index (χ0) is 24.8. The number of methoxy groups -OCH3 is 1. The van der Waals surface area contributed by atoms with Crippen molar-refractivity contribution in [1.29, 1.82) is 0 Å². The number of aliphatic hydroxyl groups is 1. The van der Waals surface area contributed by atoms with Gasteiger partial charge < -0.3 is 14.6 Å². The van der Waals surface area contributed by atoms with Crippen LogP contribution in [0, 0.1) is 13.8 Å². The molecular formula is C29H45O3P. The molecule has 1 N–H and O–H groups in total. The predicted molar refractivity (Wildman–Crippen MR) is 144 cm³/mol. The smallest absolute Gasteiger partial charge is 0.188 e. The van der Waals surface area contributed by atoms with Crippen molar-refractivity contribution in [2.75, 3.05) is 13.9 Å². The molecule has 0 saturated carbocycles. The topological polar surface area (TPSA) is 38.7 Å². The van der Waals surface area contributed by atoms with E-state index in [0.29, 0.717) is 8.58 Å². The molecule has 184 valence electrons. The van der Waals surface area contributed by atoms with Crippen LogP contribution >= 0.6 is 8.58 Å². The summed E-state index contributed by atoms with van der Waals surface area (Å²) in [6.07, 6.45) is 3.91. The molecule has 3 atom stereocenters. The lowest BCUT2D eigenvalue weighted by Gasteiger charge is -2.38. The fraction of sp³-hybridized carbons (Fsp3) is 0.586. The van der Waals surface area contributed by atoms with Gasteiger partial charge in [0.05, 0.1) is 6.10 Å². The van der Waals surface area contributed by atoms with Crippen molar-refractivity contribution in [3.05, 3.63) is 58.1 Å². The van der Waals surface area contributed by atoms with Gasteiger partial charge in [0, 0.05) is 17.8 Å². The first-order valence-corrected chi connectivity index (χ1v) is 13.3. The van der Waals surface area contributed by atoms with Gasteiger partial charge in [0.2, 0.25) is 0 Å². The van der Waals surface area contributed by atoms with E-state index in [2.05, 4.69) is 78.8 Å². The Bertz CT molecular complexity index is 914. The average Bonchev–Trinajstić information content (AvgIpc) is 2.75. The molecule has 3 unspecified atom stereocenters. The zero-order valence-electron chi connectivity index (χ0n) is 22.3. The first kappa shape index (κ1) is 27.8. The van der Waals surface area contributed by atoms with E-state index in [1.807, 2.05) is 6.92 Å². The second kappa shape index (κ2) is 11.8. The van der Waals surface area contributed by atoms with E-state index < -0.39 is 6.10 Å². The summed E-state index contributed by atoms with van der Waals surface area (Å²) in [6.45, 7) is 17.7. The Morgan fingerprint density at radius 2 is 1.76 bits per heavy atom. The van der Waals surface area contributed by atoms with Gasteiger partial charge in [-0.25, -0.2) is 0 Å². The first-order valence-electron chi connectivity index (χ1n) is 12.3. The summed E-state index contributed by atoms with van der Waals surface area (Å²) in [7, 11) is 2.21. The number of ether oxygens (including phenoxy) is 2. The number of aryl methyl sites for hydroxylation is 2. The van der Waals surface area contributed by atoms with Gasteiger partial charge in [-0.15, -0.1) is 0 Å². The molecule has 0 fully saturated rings. The normalized spacial score (nSPS) is 15.1. The lowest BCUT2D eigenvalue weighted by molar-refractivity contribution is 0.0493. The van der Waals surface area contributed by atoms with Crippen LogP contribution in [0.3, 0.4) is 0 Å². The lowest BCUT2D eigenvalue weighted by Crippen LogP contribution is -2.27. The molecule has 4 heteroatoms. The van der Waals surface area contributed by atoms with Crippen LogP contribution in [0.1, 0.15) is 101 Å². The van der Waals surface area contributed by atoms with Gasteiger partial charge in [-0.2, -0.15) is 0 Å². The summed E-state index contributed by atoms with van der Waals surface area (Å²) in [6, 6.07) is 11.2. The van der Waals surface area contributed by atoms with Crippen molar-refractivity contribution in [2.24, 2.45) is 0 Å². The van der Waals surface area contributed by atoms with Gasteiger partial charge in [-0.05, 0) is 61.0 Å². The standard InChI is InChI=1S/C29H45O3P/c1-10-12-15-29(11-2,33-26-14-13-20(3)16-24(26)22(5)30)25-18-23(28(6,7)8)17-21(4)27(25)32-19-31-9/h13-14,16-18,22,30,33H,10-12,15,19H2,1-9H3. The summed E-state index contributed by atoms with van der Waals surface area (Å²) in [5.74, 6) is 0.959. The minimum absolute atomic E-state index is 0.0429. The van der Waals surface area contributed by atoms with Crippen molar-refractivity contribution in [2.45, 2.75) is 97.7 Å². The molecule has 0 aliphatic rings. The fourth-order valence-corrected chi connectivity index (χ4v) is 6.38. The summed E-state index contributed by atoms with van der Waals surface area (Å²) in [5, 5.41) is 11.8. The molecule has 2 aromatic rings. The van der Waals surface area contributed by atoms with Crippen LogP contribution in [0.2, 0.25) is 0 Å². The second-order valence-corrected chi connectivity index (χ2v) is 12.1. The highest BCUT2D eigenvalue weighted by atomic mass is 31.1. The zero-order valence-corrected chi connectivity index (χ0v) is 23.3. The van der Waals surface area contributed by atoms with E-state index >= 15 is 0 Å². The van der Waals surface area contributed by atoms with Gasteiger partial charge in [0.15, 0.2) is 6.79 Å². The average molecular weight is 473 g/mol. The van der Waals surface area contributed by atoms with Crippen LogP contribution in [0.4, 0.5) is 0 Å². The number of rotatable bonds is 11. The molecule has 0 spiro atoms. The predicted octanol–water partition coefficient (Wildman–Crippen LogP) is 7.44. The van der Waals surface area contributed by atoms with E-state index in [1.165, 1.54) is 22.0 Å². The maximum absolute atomic E-state index is 10.6. The SMILES string of the molecule is CCCCC(CC)(Pc1ccc(C)cc1C(C)O)c1cc(C(C)(C)C)cc(C)c1OCOC. The summed E-state index contributed by atoms with van der Waals surface area (Å²) >= 11 is 0. The Morgan fingerprint density at radius 1 is 1.06 bits per heavy atom. The minimum atomic E-state index is -0.486. The van der Waals surface area contributed by atoms with Crippen LogP contribution in [-0.4, -0.2) is 19.0 Å². The van der Waals surface area contributed by atoms with E-state index in [9.17, 15) is 5.11 Å². The van der Waals surface area contributed by atoms with Crippen LogP contribution in [0.15, 0.2) is 30.3 Å². The molecule has 0 aliphatic carbocycles. The Kier molecular flexibility index (Phi) is 9.97. The van der Waals surface area contributed by atoms with Crippen molar-refractivity contribution in [1.82, 2.24) is 0 Å². The van der Waals surface area contributed by atoms with Crippen molar-refractivity contribution >= 4 is 13.9 Å². The van der Waals surface area contributed by atoms with E-state index in [4.69, 9.17) is 9.47 Å². The second-order valence-electron chi connectivity index (χ2n) is 10.4. The van der Waals surface area contributed by atoms with Gasteiger partial charge in [0.25, 0.3) is 0 Å². The number of benzene rings is 2. The summed E-state index contributed by atoms with van der Waals surface area (Å²) in [4.78, 5) is 0. The van der Waals surface area contributed by atoms with Crippen LogP contribution in [0.25, 0.3) is 0 Å². The van der Waals surface area contributed by atoms with E-state index in [1.54, 1.807) is 7.11 Å². The third-order valence-electron chi connectivity index (χ3n) is 6.57. The number of unbranched alkanes of at least 4 members (excludes halogenated alkanes) is 1. The van der Waals surface area contributed by atoms with Crippen molar-refractivity contribution in [3.63, 3.8) is 0 Å². The Balaban J connectivity index is 2.78. The highest BCUT2D eigenvalue weighted by Crippen LogP contribution is 2.53. The fourth-order valence-electron chi connectivity index (χ4n) is 4.47. The summed E-state index contributed by atoms with van der Waals surface area (Å²) < 4.78 is 11.5. The number of aliphatic hydroxyl groups excluding tert-OH is 1. The molecule has 0 radical (unpaired) electrons.